The molecule has 0 unspecified atom stereocenters. The molecule has 18 heavy (non-hydrogen) atoms. The van der Waals surface area contributed by atoms with E-state index >= 15 is 0 Å². The highest BCUT2D eigenvalue weighted by Crippen LogP contribution is 2.27. The molecule has 2 rings (SSSR count). The van der Waals surface area contributed by atoms with Gasteiger partial charge >= 0.3 is 5.97 Å². The Labute approximate surface area is 113 Å². The molecule has 3 heteroatoms. The Hall–Kier alpha value is -1.80. The molecule has 0 aliphatic rings. The molecule has 94 valence electrons. The molecular weight excluding hydrogens is 248 g/mol. The van der Waals surface area contributed by atoms with Crippen molar-refractivity contribution in [2.24, 2.45) is 0 Å². The van der Waals surface area contributed by atoms with Crippen LogP contribution < -0.4 is 0 Å². The van der Waals surface area contributed by atoms with Crippen molar-refractivity contribution in [3.8, 4) is 0 Å². The van der Waals surface area contributed by atoms with E-state index in [0.29, 0.717) is 0 Å². The molecule has 0 saturated carbocycles. The molecule has 0 saturated heterocycles. The van der Waals surface area contributed by atoms with Crippen molar-refractivity contribution >= 4 is 18.4 Å². The summed E-state index contributed by atoms with van der Waals surface area (Å²) in [5.41, 5.74) is 2.09. The van der Waals surface area contributed by atoms with Crippen molar-refractivity contribution in [3.63, 3.8) is 0 Å². The Kier molecular flexibility index (Phi) is 5.40. The lowest BCUT2D eigenvalue weighted by Crippen LogP contribution is -2.07. The van der Waals surface area contributed by atoms with Gasteiger partial charge in [0.2, 0.25) is 0 Å². The fourth-order valence-corrected chi connectivity index (χ4v) is 1.97. The van der Waals surface area contributed by atoms with E-state index in [2.05, 4.69) is 0 Å². The van der Waals surface area contributed by atoms with Crippen LogP contribution in [0, 0.1) is 0 Å². The lowest BCUT2D eigenvalue weighted by atomic mass is 9.89. The number of halogens is 1. The molecule has 0 atom stereocenters. The van der Waals surface area contributed by atoms with E-state index in [4.69, 9.17) is 5.11 Å². The molecule has 0 aliphatic carbocycles. The first kappa shape index (κ1) is 14.3. The largest absolute Gasteiger partial charge is 0.481 e. The van der Waals surface area contributed by atoms with Gasteiger partial charge in [0, 0.05) is 5.92 Å². The van der Waals surface area contributed by atoms with Crippen LogP contribution in [0.2, 0.25) is 0 Å². The Morgan fingerprint density at radius 1 is 0.889 bits per heavy atom. The van der Waals surface area contributed by atoms with Gasteiger partial charge in [-0.25, -0.2) is 0 Å². The fraction of sp³-hybridized carbons (Fsp3) is 0.133. The third-order valence-electron chi connectivity index (χ3n) is 2.78. The second-order valence-corrected chi connectivity index (χ2v) is 3.97. The van der Waals surface area contributed by atoms with E-state index in [0.717, 1.165) is 11.1 Å². The highest BCUT2D eigenvalue weighted by molar-refractivity contribution is 5.85. The lowest BCUT2D eigenvalue weighted by molar-refractivity contribution is -0.137. The van der Waals surface area contributed by atoms with Crippen LogP contribution in [0.5, 0.6) is 0 Å². The molecule has 0 spiro atoms. The number of carboxylic acids is 1. The van der Waals surface area contributed by atoms with E-state index in [1.807, 2.05) is 60.7 Å². The maximum atomic E-state index is 11.0. The van der Waals surface area contributed by atoms with Crippen molar-refractivity contribution in [3.05, 3.63) is 71.8 Å². The van der Waals surface area contributed by atoms with Crippen LogP contribution in [-0.4, -0.2) is 11.1 Å². The number of rotatable bonds is 4. The molecule has 0 heterocycles. The molecule has 0 aromatic heterocycles. The van der Waals surface area contributed by atoms with E-state index in [1.165, 1.54) is 0 Å². The summed E-state index contributed by atoms with van der Waals surface area (Å²) in [6.45, 7) is 0. The van der Waals surface area contributed by atoms with E-state index in [-0.39, 0.29) is 24.7 Å². The predicted octanol–water partition coefficient (Wildman–Crippen LogP) is 3.72. The summed E-state index contributed by atoms with van der Waals surface area (Å²) >= 11 is 0. The molecule has 0 fully saturated rings. The van der Waals surface area contributed by atoms with Gasteiger partial charge in [-0.3, -0.25) is 4.79 Å². The van der Waals surface area contributed by atoms with Crippen LogP contribution in [-0.2, 0) is 4.79 Å². The molecule has 0 aliphatic heterocycles. The molecule has 0 amide bonds. The fourth-order valence-electron chi connectivity index (χ4n) is 1.97. The first-order valence-electron chi connectivity index (χ1n) is 5.59. The monoisotopic (exact) mass is 262 g/mol. The molecule has 2 nitrogen and oxygen atoms in total. The van der Waals surface area contributed by atoms with Gasteiger partial charge < -0.3 is 5.11 Å². The quantitative estimate of drug-likeness (QED) is 0.912. The Balaban J connectivity index is 0.00000162. The first-order valence-corrected chi connectivity index (χ1v) is 5.59. The number of carboxylic acid groups (broad SMARTS) is 1. The third kappa shape index (κ3) is 3.60. The minimum Gasteiger partial charge on any atom is -0.481 e. The lowest BCUT2D eigenvalue weighted by Gasteiger charge is -2.15. The molecular formula is C15H15ClO2. The average molecular weight is 263 g/mol. The zero-order valence-electron chi connectivity index (χ0n) is 9.82. The number of benzene rings is 2. The van der Waals surface area contributed by atoms with Crippen molar-refractivity contribution in [1.82, 2.24) is 0 Å². The molecule has 2 aromatic carbocycles. The maximum absolute atomic E-state index is 11.0. The van der Waals surface area contributed by atoms with Gasteiger partial charge in [-0.2, -0.15) is 0 Å². The topological polar surface area (TPSA) is 37.3 Å². The van der Waals surface area contributed by atoms with Crippen LogP contribution in [0.3, 0.4) is 0 Å². The van der Waals surface area contributed by atoms with Gasteiger partial charge in [0.25, 0.3) is 0 Å². The van der Waals surface area contributed by atoms with Gasteiger partial charge in [0.05, 0.1) is 6.42 Å². The summed E-state index contributed by atoms with van der Waals surface area (Å²) in [5, 5.41) is 9.01. The molecule has 2 aromatic rings. The van der Waals surface area contributed by atoms with Crippen molar-refractivity contribution in [2.45, 2.75) is 12.3 Å². The predicted molar refractivity (Wildman–Crippen MR) is 74.2 cm³/mol. The van der Waals surface area contributed by atoms with Crippen LogP contribution in [0.4, 0.5) is 0 Å². The Morgan fingerprint density at radius 3 is 1.61 bits per heavy atom. The molecule has 0 radical (unpaired) electrons. The molecule has 0 bridgehead atoms. The van der Waals surface area contributed by atoms with Crippen molar-refractivity contribution in [1.29, 1.82) is 0 Å². The van der Waals surface area contributed by atoms with Gasteiger partial charge in [0.1, 0.15) is 0 Å². The first-order chi connectivity index (χ1) is 8.27. The minimum atomic E-state index is -0.775. The summed E-state index contributed by atoms with van der Waals surface area (Å²) in [5.74, 6) is -0.849. The Bertz CT molecular complexity index is 443. The minimum absolute atomic E-state index is 0. The van der Waals surface area contributed by atoms with Gasteiger partial charge in [0.15, 0.2) is 0 Å². The van der Waals surface area contributed by atoms with E-state index < -0.39 is 5.97 Å². The number of aliphatic carboxylic acids is 1. The summed E-state index contributed by atoms with van der Waals surface area (Å²) < 4.78 is 0. The normalized spacial score (nSPS) is 9.83. The Morgan fingerprint density at radius 2 is 1.28 bits per heavy atom. The van der Waals surface area contributed by atoms with Crippen molar-refractivity contribution in [2.75, 3.05) is 0 Å². The number of hydrogen-bond donors (Lipinski definition) is 1. The summed E-state index contributed by atoms with van der Waals surface area (Å²) in [4.78, 5) is 11.0. The van der Waals surface area contributed by atoms with E-state index in [1.54, 1.807) is 0 Å². The second-order valence-electron chi connectivity index (χ2n) is 3.97. The summed E-state index contributed by atoms with van der Waals surface area (Å²) in [6, 6.07) is 19.5. The van der Waals surface area contributed by atoms with E-state index in [9.17, 15) is 4.79 Å². The maximum Gasteiger partial charge on any atom is 0.304 e. The average Bonchev–Trinajstić information content (AvgIpc) is 2.38. The molecule has 1 N–H and O–H groups in total. The highest BCUT2D eigenvalue weighted by Gasteiger charge is 2.16. The van der Waals surface area contributed by atoms with Crippen LogP contribution in [0.25, 0.3) is 0 Å². The van der Waals surface area contributed by atoms with Crippen LogP contribution >= 0.6 is 12.4 Å². The number of carbonyl (C=O) groups is 1. The van der Waals surface area contributed by atoms with Crippen molar-refractivity contribution < 1.29 is 9.90 Å². The standard InChI is InChI=1S/C15H14O2.ClH/c16-15(17)11-14(12-7-3-1-4-8-12)13-9-5-2-6-10-13;/h1-10,14H,11H2,(H,16,17);1H. The summed E-state index contributed by atoms with van der Waals surface area (Å²) in [6.07, 6.45) is 0.119. The van der Waals surface area contributed by atoms with Crippen LogP contribution in [0.1, 0.15) is 23.5 Å². The SMILES string of the molecule is Cl.O=C(O)CC(c1ccccc1)c1ccccc1. The van der Waals surface area contributed by atoms with Crippen LogP contribution in [0.15, 0.2) is 60.7 Å². The van der Waals surface area contributed by atoms with Gasteiger partial charge in [-0.05, 0) is 11.1 Å². The highest BCUT2D eigenvalue weighted by atomic mass is 35.5. The third-order valence-corrected chi connectivity index (χ3v) is 2.78. The zero-order valence-corrected chi connectivity index (χ0v) is 10.6. The number of hydrogen-bond acceptors (Lipinski definition) is 1. The smallest absolute Gasteiger partial charge is 0.304 e. The van der Waals surface area contributed by atoms with Gasteiger partial charge in [-0.1, -0.05) is 60.7 Å². The van der Waals surface area contributed by atoms with Gasteiger partial charge in [-0.15, -0.1) is 12.4 Å². The zero-order chi connectivity index (χ0) is 12.1. The summed E-state index contributed by atoms with van der Waals surface area (Å²) in [7, 11) is 0. The second kappa shape index (κ2) is 6.82.